The van der Waals surface area contributed by atoms with E-state index in [-0.39, 0.29) is 12.2 Å². The van der Waals surface area contributed by atoms with Gasteiger partial charge < -0.3 is 15.8 Å². The van der Waals surface area contributed by atoms with Gasteiger partial charge in [0.05, 0.1) is 18.0 Å². The van der Waals surface area contributed by atoms with Gasteiger partial charge in [-0.25, -0.2) is 0 Å². The Morgan fingerprint density at radius 1 is 1.39 bits per heavy atom. The smallest absolute Gasteiger partial charge is 0.0957 e. The van der Waals surface area contributed by atoms with Gasteiger partial charge in [-0.2, -0.15) is 0 Å². The van der Waals surface area contributed by atoms with Crippen molar-refractivity contribution < 1.29 is 4.74 Å². The van der Waals surface area contributed by atoms with E-state index < -0.39 is 0 Å². The molecule has 98 valence electrons. The van der Waals surface area contributed by atoms with E-state index in [0.29, 0.717) is 18.8 Å². The molecular weight excluding hydrogens is 226 g/mol. The molecule has 1 aromatic carbocycles. The summed E-state index contributed by atoms with van der Waals surface area (Å²) < 4.78 is 6.13. The molecule has 2 rings (SSSR count). The van der Waals surface area contributed by atoms with E-state index in [2.05, 4.69) is 17.4 Å². The molecule has 1 fully saturated rings. The Morgan fingerprint density at radius 3 is 2.83 bits per heavy atom. The second kappa shape index (κ2) is 6.52. The van der Waals surface area contributed by atoms with Crippen molar-refractivity contribution in [2.24, 2.45) is 5.73 Å². The number of nitrogens with one attached hydrogen (secondary N) is 2. The fourth-order valence-corrected chi connectivity index (χ4v) is 2.27. The molecule has 0 amide bonds. The zero-order valence-electron chi connectivity index (χ0n) is 10.6. The Hall–Kier alpha value is -1.39. The molecule has 4 nitrogen and oxygen atoms in total. The van der Waals surface area contributed by atoms with Crippen LogP contribution in [0.1, 0.15) is 30.9 Å². The van der Waals surface area contributed by atoms with Crippen molar-refractivity contribution in [3.8, 4) is 0 Å². The molecule has 1 saturated heterocycles. The number of hydrogen-bond donors (Lipinski definition) is 3. The van der Waals surface area contributed by atoms with Crippen LogP contribution < -0.4 is 11.1 Å². The van der Waals surface area contributed by atoms with Crippen LogP contribution in [0, 0.1) is 5.41 Å². The van der Waals surface area contributed by atoms with Crippen LogP contribution >= 0.6 is 0 Å². The summed E-state index contributed by atoms with van der Waals surface area (Å²) in [4.78, 5) is 0. The molecule has 0 bridgehead atoms. The lowest BCUT2D eigenvalue weighted by molar-refractivity contribution is -0.0196. The molecule has 2 unspecified atom stereocenters. The van der Waals surface area contributed by atoms with E-state index >= 15 is 0 Å². The first-order valence-electron chi connectivity index (χ1n) is 6.51. The minimum absolute atomic E-state index is 0.0482. The van der Waals surface area contributed by atoms with Crippen LogP contribution in [-0.4, -0.2) is 25.0 Å². The summed E-state index contributed by atoms with van der Waals surface area (Å²) in [6, 6.07) is 10.2. The van der Waals surface area contributed by atoms with Gasteiger partial charge in [-0.05, 0) is 24.9 Å². The maximum Gasteiger partial charge on any atom is 0.0957 e. The summed E-state index contributed by atoms with van der Waals surface area (Å²) >= 11 is 0. The highest BCUT2D eigenvalue weighted by Crippen LogP contribution is 2.25. The van der Waals surface area contributed by atoms with E-state index in [1.165, 1.54) is 5.56 Å². The Labute approximate surface area is 108 Å². The number of nitrogens with two attached hydrogens (primary N) is 1. The van der Waals surface area contributed by atoms with E-state index in [9.17, 15) is 0 Å². The summed E-state index contributed by atoms with van der Waals surface area (Å²) in [5.74, 6) is 0.575. The van der Waals surface area contributed by atoms with Gasteiger partial charge >= 0.3 is 0 Å². The topological polar surface area (TPSA) is 71.1 Å². The number of amidine groups is 1. The van der Waals surface area contributed by atoms with E-state index in [1.54, 1.807) is 0 Å². The third-order valence-electron chi connectivity index (χ3n) is 3.19. The molecule has 4 heteroatoms. The van der Waals surface area contributed by atoms with Crippen LogP contribution in [0.2, 0.25) is 0 Å². The highest BCUT2D eigenvalue weighted by molar-refractivity contribution is 5.80. The molecule has 1 aliphatic heterocycles. The summed E-state index contributed by atoms with van der Waals surface area (Å²) in [5.41, 5.74) is 6.84. The first kappa shape index (κ1) is 13.1. The number of benzene rings is 1. The molecule has 0 aromatic heterocycles. The second-order valence-electron chi connectivity index (χ2n) is 4.63. The fraction of sp³-hybridized carbons (Fsp3) is 0.500. The van der Waals surface area contributed by atoms with Gasteiger partial charge in [0.15, 0.2) is 0 Å². The minimum Gasteiger partial charge on any atom is -0.374 e. The first-order chi connectivity index (χ1) is 8.79. The van der Waals surface area contributed by atoms with Gasteiger partial charge in [0.1, 0.15) is 0 Å². The molecule has 1 heterocycles. The average Bonchev–Trinajstić information content (AvgIpc) is 2.39. The van der Waals surface area contributed by atoms with E-state index in [4.69, 9.17) is 15.9 Å². The number of piperidine rings is 1. The zero-order chi connectivity index (χ0) is 12.8. The number of hydrogen-bond acceptors (Lipinski definition) is 3. The highest BCUT2D eigenvalue weighted by Gasteiger charge is 2.22. The Kier molecular flexibility index (Phi) is 4.73. The van der Waals surface area contributed by atoms with E-state index in [1.807, 2.05) is 18.2 Å². The molecule has 0 radical (unpaired) electrons. The summed E-state index contributed by atoms with van der Waals surface area (Å²) in [6.45, 7) is 1.44. The van der Waals surface area contributed by atoms with Crippen LogP contribution in [0.15, 0.2) is 30.3 Å². The standard InChI is InChI=1S/C14H21N3O/c15-8-6-13(11-4-2-1-3-5-11)18-12-7-9-17-14(16)10-12/h1-5,12-13H,6-10,15H2,(H2,16,17). The van der Waals surface area contributed by atoms with Gasteiger partial charge in [-0.3, -0.25) is 5.41 Å². The fourth-order valence-electron chi connectivity index (χ4n) is 2.27. The van der Waals surface area contributed by atoms with Crippen LogP contribution in [-0.2, 0) is 4.74 Å². The van der Waals surface area contributed by atoms with Crippen LogP contribution in [0.5, 0.6) is 0 Å². The zero-order valence-corrected chi connectivity index (χ0v) is 10.6. The quantitative estimate of drug-likeness (QED) is 0.743. The Bertz CT molecular complexity index is 380. The summed E-state index contributed by atoms with van der Waals surface area (Å²) in [7, 11) is 0. The van der Waals surface area contributed by atoms with Crippen molar-refractivity contribution in [3.63, 3.8) is 0 Å². The van der Waals surface area contributed by atoms with Crippen molar-refractivity contribution in [2.45, 2.75) is 31.5 Å². The molecule has 0 saturated carbocycles. The molecule has 2 atom stereocenters. The van der Waals surface area contributed by atoms with Gasteiger partial charge in [0.25, 0.3) is 0 Å². The Morgan fingerprint density at radius 2 is 2.17 bits per heavy atom. The van der Waals surface area contributed by atoms with Crippen molar-refractivity contribution >= 4 is 5.84 Å². The van der Waals surface area contributed by atoms with Crippen LogP contribution in [0.4, 0.5) is 0 Å². The highest BCUT2D eigenvalue weighted by atomic mass is 16.5. The molecule has 0 aliphatic carbocycles. The molecule has 1 aliphatic rings. The molecule has 4 N–H and O–H groups in total. The summed E-state index contributed by atoms with van der Waals surface area (Å²) in [6.07, 6.45) is 2.63. The predicted octanol–water partition coefficient (Wildman–Crippen LogP) is 1.82. The second-order valence-corrected chi connectivity index (χ2v) is 4.63. The molecular formula is C14H21N3O. The first-order valence-corrected chi connectivity index (χ1v) is 6.51. The van der Waals surface area contributed by atoms with Gasteiger partial charge in [0, 0.05) is 13.0 Å². The number of rotatable bonds is 5. The largest absolute Gasteiger partial charge is 0.374 e. The lowest BCUT2D eigenvalue weighted by Gasteiger charge is -2.28. The van der Waals surface area contributed by atoms with Crippen molar-refractivity contribution in [1.82, 2.24) is 5.32 Å². The minimum atomic E-state index is 0.0482. The molecule has 0 spiro atoms. The number of ether oxygens (including phenoxy) is 1. The van der Waals surface area contributed by atoms with Gasteiger partial charge in [-0.15, -0.1) is 0 Å². The van der Waals surface area contributed by atoms with Crippen LogP contribution in [0.25, 0.3) is 0 Å². The SMILES string of the molecule is N=C1CC(OC(CCN)c2ccccc2)CCN1. The summed E-state index contributed by atoms with van der Waals surface area (Å²) in [5, 5.41) is 10.7. The molecule has 18 heavy (non-hydrogen) atoms. The average molecular weight is 247 g/mol. The third kappa shape index (κ3) is 3.55. The van der Waals surface area contributed by atoms with Gasteiger partial charge in [0.2, 0.25) is 0 Å². The van der Waals surface area contributed by atoms with Crippen LogP contribution in [0.3, 0.4) is 0 Å². The maximum atomic E-state index is 7.65. The molecule has 1 aromatic rings. The van der Waals surface area contributed by atoms with Crippen molar-refractivity contribution in [1.29, 1.82) is 5.41 Å². The van der Waals surface area contributed by atoms with E-state index in [0.717, 1.165) is 19.4 Å². The van der Waals surface area contributed by atoms with Crippen molar-refractivity contribution in [2.75, 3.05) is 13.1 Å². The lowest BCUT2D eigenvalue weighted by Crippen LogP contribution is -2.37. The van der Waals surface area contributed by atoms with Gasteiger partial charge in [-0.1, -0.05) is 30.3 Å². The maximum absolute atomic E-state index is 7.65. The lowest BCUT2D eigenvalue weighted by atomic mass is 10.0. The predicted molar refractivity (Wildman–Crippen MR) is 72.7 cm³/mol. The normalized spacial score (nSPS) is 21.4. The monoisotopic (exact) mass is 247 g/mol. The third-order valence-corrected chi connectivity index (χ3v) is 3.19. The van der Waals surface area contributed by atoms with Crippen molar-refractivity contribution in [3.05, 3.63) is 35.9 Å². The Balaban J connectivity index is 2.00.